The van der Waals surface area contributed by atoms with Gasteiger partial charge in [0.1, 0.15) is 29.3 Å². The maximum Gasteiger partial charge on any atom is 0.338 e. The molecule has 0 N–H and O–H groups in total. The summed E-state index contributed by atoms with van der Waals surface area (Å²) < 4.78 is 10.2. The Morgan fingerprint density at radius 3 is 2.54 bits per heavy atom. The fourth-order valence-corrected chi connectivity index (χ4v) is 3.64. The number of hydrogen-bond donors (Lipinski definition) is 0. The Morgan fingerprint density at radius 1 is 1.18 bits per heavy atom. The minimum atomic E-state index is -0.633. The number of carbonyl (C=O) groups excluding carboxylic acids is 3. The SMILES string of the molecule is CC/C=C\CC1C(=O)CCC1CC(=O)OCCOC(=O)c1cc(Cl)nc(Cl)c1. The highest BCUT2D eigenvalue weighted by molar-refractivity contribution is 6.32. The van der Waals surface area contributed by atoms with E-state index in [4.69, 9.17) is 32.7 Å². The van der Waals surface area contributed by atoms with E-state index in [1.54, 1.807) is 0 Å². The van der Waals surface area contributed by atoms with E-state index in [0.29, 0.717) is 19.3 Å². The lowest BCUT2D eigenvalue weighted by molar-refractivity contribution is -0.146. The molecular formula is C20H23Cl2NO5. The van der Waals surface area contributed by atoms with Crippen LogP contribution in [0, 0.1) is 11.8 Å². The molecule has 6 nitrogen and oxygen atoms in total. The predicted molar refractivity (Wildman–Crippen MR) is 105 cm³/mol. The second-order valence-electron chi connectivity index (χ2n) is 6.55. The highest BCUT2D eigenvalue weighted by Gasteiger charge is 2.35. The molecule has 2 atom stereocenters. The third-order valence-electron chi connectivity index (χ3n) is 4.54. The van der Waals surface area contributed by atoms with Gasteiger partial charge >= 0.3 is 11.9 Å². The lowest BCUT2D eigenvalue weighted by Gasteiger charge is -2.16. The van der Waals surface area contributed by atoms with E-state index in [1.165, 1.54) is 12.1 Å². The molecule has 8 heteroatoms. The molecule has 0 bridgehead atoms. The van der Waals surface area contributed by atoms with Crippen molar-refractivity contribution >= 4 is 40.9 Å². The number of carbonyl (C=O) groups is 3. The van der Waals surface area contributed by atoms with Crippen molar-refractivity contribution in [3.63, 3.8) is 0 Å². The van der Waals surface area contributed by atoms with Gasteiger partial charge in [-0.05, 0) is 37.3 Å². The largest absolute Gasteiger partial charge is 0.462 e. The van der Waals surface area contributed by atoms with Gasteiger partial charge < -0.3 is 9.47 Å². The fraction of sp³-hybridized carbons (Fsp3) is 0.500. The molecule has 1 aromatic heterocycles. The summed E-state index contributed by atoms with van der Waals surface area (Å²) in [6, 6.07) is 2.68. The second-order valence-corrected chi connectivity index (χ2v) is 7.32. The highest BCUT2D eigenvalue weighted by atomic mass is 35.5. The Kier molecular flexibility index (Phi) is 8.93. The first-order valence-corrected chi connectivity index (χ1v) is 9.99. The molecule has 1 fully saturated rings. The zero-order valence-corrected chi connectivity index (χ0v) is 17.2. The van der Waals surface area contributed by atoms with E-state index in [2.05, 4.69) is 4.98 Å². The number of allylic oxidation sites excluding steroid dienone is 2. The van der Waals surface area contributed by atoms with E-state index in [1.807, 2.05) is 19.1 Å². The zero-order valence-electron chi connectivity index (χ0n) is 15.7. The number of aromatic nitrogens is 1. The maximum absolute atomic E-state index is 12.1. The van der Waals surface area contributed by atoms with Crippen molar-refractivity contribution in [2.75, 3.05) is 13.2 Å². The number of hydrogen-bond acceptors (Lipinski definition) is 6. The molecule has 1 saturated carbocycles. The zero-order chi connectivity index (χ0) is 20.5. The van der Waals surface area contributed by atoms with Crippen LogP contribution in [-0.2, 0) is 19.1 Å². The van der Waals surface area contributed by atoms with E-state index in [-0.39, 0.29) is 53.1 Å². The quantitative estimate of drug-likeness (QED) is 0.251. The van der Waals surface area contributed by atoms with Gasteiger partial charge in [0.2, 0.25) is 0 Å². The van der Waals surface area contributed by atoms with Crippen LogP contribution in [0.4, 0.5) is 0 Å². The minimum absolute atomic E-state index is 0.00478. The number of rotatable bonds is 9. The molecule has 0 amide bonds. The number of ketones is 1. The van der Waals surface area contributed by atoms with Crippen LogP contribution >= 0.6 is 23.2 Å². The Labute approximate surface area is 174 Å². The van der Waals surface area contributed by atoms with Gasteiger partial charge in [0.25, 0.3) is 0 Å². The number of nitrogens with zero attached hydrogens (tertiary/aromatic N) is 1. The third kappa shape index (κ3) is 6.91. The first-order chi connectivity index (χ1) is 13.4. The normalized spacial score (nSPS) is 19.2. The molecule has 1 aromatic rings. The summed E-state index contributed by atoms with van der Waals surface area (Å²) in [6.45, 7) is 1.89. The van der Waals surface area contributed by atoms with Crippen molar-refractivity contribution < 1.29 is 23.9 Å². The first-order valence-electron chi connectivity index (χ1n) is 9.24. The van der Waals surface area contributed by atoms with Crippen molar-refractivity contribution in [3.05, 3.63) is 40.2 Å². The molecule has 0 aromatic carbocycles. The van der Waals surface area contributed by atoms with Crippen molar-refractivity contribution in [3.8, 4) is 0 Å². The fourth-order valence-electron chi connectivity index (χ4n) is 3.18. The summed E-state index contributed by atoms with van der Waals surface area (Å²) >= 11 is 11.5. The predicted octanol–water partition coefficient (Wildman–Crippen LogP) is 4.43. The van der Waals surface area contributed by atoms with Gasteiger partial charge in [-0.25, -0.2) is 9.78 Å². The average molecular weight is 428 g/mol. The molecule has 0 radical (unpaired) electrons. The second kappa shape index (κ2) is 11.2. The topological polar surface area (TPSA) is 82.6 Å². The molecular weight excluding hydrogens is 405 g/mol. The van der Waals surface area contributed by atoms with Gasteiger partial charge in [-0.2, -0.15) is 0 Å². The highest BCUT2D eigenvalue weighted by Crippen LogP contribution is 2.34. The van der Waals surface area contributed by atoms with E-state index in [0.717, 1.165) is 6.42 Å². The van der Waals surface area contributed by atoms with Crippen molar-refractivity contribution in [1.29, 1.82) is 0 Å². The molecule has 2 rings (SSSR count). The van der Waals surface area contributed by atoms with E-state index in [9.17, 15) is 14.4 Å². The molecule has 1 aliphatic rings. The average Bonchev–Trinajstić information content (AvgIpc) is 2.98. The molecule has 1 heterocycles. The minimum Gasteiger partial charge on any atom is -0.462 e. The standard InChI is InChI=1S/C20H23Cl2NO5/c1-2-3-4-5-15-13(6-7-16(15)24)12-19(25)27-8-9-28-20(26)14-10-17(21)23-18(22)11-14/h3-4,10-11,13,15H,2,5-9,12H2,1H3/b4-3-. The van der Waals surface area contributed by atoms with Crippen LogP contribution in [0.2, 0.25) is 10.3 Å². The summed E-state index contributed by atoms with van der Waals surface area (Å²) in [7, 11) is 0. The smallest absolute Gasteiger partial charge is 0.338 e. The molecule has 28 heavy (non-hydrogen) atoms. The maximum atomic E-state index is 12.1. The van der Waals surface area contributed by atoms with Gasteiger partial charge in [-0.1, -0.05) is 42.3 Å². The number of halogens is 2. The Balaban J connectivity index is 1.72. The van der Waals surface area contributed by atoms with Crippen LogP contribution in [0.25, 0.3) is 0 Å². The summed E-state index contributed by atoms with van der Waals surface area (Å²) in [5, 5.41) is 0.167. The Bertz CT molecular complexity index is 730. The summed E-state index contributed by atoms with van der Waals surface area (Å²) in [5.41, 5.74) is 0.170. The summed E-state index contributed by atoms with van der Waals surface area (Å²) in [4.78, 5) is 39.7. The van der Waals surface area contributed by atoms with Crippen LogP contribution in [0.3, 0.4) is 0 Å². The summed E-state index contributed by atoms with van der Waals surface area (Å²) in [6.07, 6.45) is 7.03. The van der Waals surface area contributed by atoms with E-state index < -0.39 is 11.9 Å². The van der Waals surface area contributed by atoms with Crippen LogP contribution in [0.15, 0.2) is 24.3 Å². The molecule has 0 saturated heterocycles. The Hall–Kier alpha value is -1.92. The lowest BCUT2D eigenvalue weighted by atomic mass is 9.89. The number of pyridine rings is 1. The molecule has 0 spiro atoms. The van der Waals surface area contributed by atoms with Crippen LogP contribution in [-0.4, -0.2) is 35.9 Å². The van der Waals surface area contributed by atoms with Gasteiger partial charge in [-0.15, -0.1) is 0 Å². The van der Waals surface area contributed by atoms with Gasteiger partial charge in [0, 0.05) is 18.8 Å². The summed E-state index contributed by atoms with van der Waals surface area (Å²) in [5.74, 6) is -0.927. The number of Topliss-reactive ketones (excluding diaryl/α,β-unsaturated/α-hetero) is 1. The van der Waals surface area contributed by atoms with E-state index >= 15 is 0 Å². The molecule has 152 valence electrons. The molecule has 2 unspecified atom stereocenters. The number of esters is 2. The van der Waals surface area contributed by atoms with Gasteiger partial charge in [0.15, 0.2) is 0 Å². The van der Waals surface area contributed by atoms with Crippen LogP contribution < -0.4 is 0 Å². The van der Waals surface area contributed by atoms with Crippen LogP contribution in [0.5, 0.6) is 0 Å². The van der Waals surface area contributed by atoms with Crippen molar-refractivity contribution in [2.24, 2.45) is 11.8 Å². The first kappa shape index (κ1) is 22.4. The van der Waals surface area contributed by atoms with Gasteiger partial charge in [0.05, 0.1) is 5.56 Å². The van der Waals surface area contributed by atoms with Gasteiger partial charge in [-0.3, -0.25) is 9.59 Å². The van der Waals surface area contributed by atoms with Crippen LogP contribution in [0.1, 0.15) is 49.4 Å². The number of ether oxygens (including phenoxy) is 2. The monoisotopic (exact) mass is 427 g/mol. The lowest BCUT2D eigenvalue weighted by Crippen LogP contribution is -2.20. The third-order valence-corrected chi connectivity index (χ3v) is 4.93. The molecule has 0 aliphatic heterocycles. The Morgan fingerprint density at radius 2 is 1.86 bits per heavy atom. The van der Waals surface area contributed by atoms with Crippen molar-refractivity contribution in [2.45, 2.75) is 39.0 Å². The molecule has 1 aliphatic carbocycles. The van der Waals surface area contributed by atoms with Crippen molar-refractivity contribution in [1.82, 2.24) is 4.98 Å².